The van der Waals surface area contributed by atoms with E-state index in [1.165, 1.54) is 6.08 Å². The minimum absolute atomic E-state index is 0. The number of allylic oxidation sites excluding steroid dienone is 1. The lowest BCUT2D eigenvalue weighted by molar-refractivity contribution is -0.859. The van der Waals surface area contributed by atoms with Crippen LogP contribution in [0.1, 0.15) is 19.8 Å². The summed E-state index contributed by atoms with van der Waals surface area (Å²) in [7, 11) is -2.01. The van der Waals surface area contributed by atoms with Gasteiger partial charge < -0.3 is 21.6 Å². The lowest BCUT2D eigenvalue weighted by Gasteiger charge is -2.29. The summed E-state index contributed by atoms with van der Waals surface area (Å²) in [5, 5.41) is 0. The standard InChI is InChI=1S/C13H23NO5S.ClH/c1-4-8-13(15)19-11-6-9-14(3,5-2)10-7-12-20(16,17)18;/h4-5,8H,2,6-7,9-12H2,1,3H3;1H. The molecule has 1 atom stereocenters. The molecular weight excluding hydrogens is 318 g/mol. The Labute approximate surface area is 133 Å². The third-order valence-electron chi connectivity index (χ3n) is 2.87. The van der Waals surface area contributed by atoms with Crippen LogP contribution in [0.15, 0.2) is 24.9 Å². The maximum Gasteiger partial charge on any atom is 0.330 e. The van der Waals surface area contributed by atoms with Gasteiger partial charge in [-0.3, -0.25) is 4.55 Å². The Hall–Kier alpha value is -0.890. The first-order chi connectivity index (χ1) is 9.22. The Bertz CT molecular complexity index is 449. The molecule has 0 spiro atoms. The van der Waals surface area contributed by atoms with E-state index in [1.807, 2.05) is 7.05 Å². The highest BCUT2D eigenvalue weighted by Gasteiger charge is 2.18. The van der Waals surface area contributed by atoms with Crippen molar-refractivity contribution in [2.45, 2.75) is 19.8 Å². The number of esters is 1. The maximum absolute atomic E-state index is 11.1. The van der Waals surface area contributed by atoms with Crippen LogP contribution in [-0.2, 0) is 19.6 Å². The number of carbonyl (C=O) groups is 1. The third-order valence-corrected chi connectivity index (χ3v) is 3.68. The predicted octanol–water partition coefficient (Wildman–Crippen LogP) is -1.63. The van der Waals surface area contributed by atoms with Crippen LogP contribution in [0.3, 0.4) is 0 Å². The van der Waals surface area contributed by atoms with Gasteiger partial charge in [-0.2, -0.15) is 8.42 Å². The fourth-order valence-electron chi connectivity index (χ4n) is 1.69. The van der Waals surface area contributed by atoms with Crippen LogP contribution in [0.4, 0.5) is 0 Å². The molecule has 0 aliphatic heterocycles. The van der Waals surface area contributed by atoms with Gasteiger partial charge in [-0.15, -0.1) is 0 Å². The van der Waals surface area contributed by atoms with Gasteiger partial charge >= 0.3 is 5.97 Å². The third kappa shape index (κ3) is 12.6. The number of nitrogens with zero attached hydrogens (tertiary/aromatic N) is 1. The molecule has 0 fully saturated rings. The molecule has 21 heavy (non-hydrogen) atoms. The Morgan fingerprint density at radius 1 is 1.33 bits per heavy atom. The van der Waals surface area contributed by atoms with Gasteiger partial charge in [-0.05, 0) is 13.5 Å². The summed E-state index contributed by atoms with van der Waals surface area (Å²) in [5.41, 5.74) is 0. The lowest BCUT2D eigenvalue weighted by Crippen LogP contribution is -3.00. The second-order valence-electron chi connectivity index (χ2n) is 4.77. The zero-order valence-electron chi connectivity index (χ0n) is 12.5. The van der Waals surface area contributed by atoms with Gasteiger partial charge in [-0.25, -0.2) is 4.79 Å². The molecule has 0 aliphatic carbocycles. The molecule has 0 amide bonds. The van der Waals surface area contributed by atoms with Gasteiger partial charge in [0.1, 0.15) is 0 Å². The van der Waals surface area contributed by atoms with E-state index in [0.717, 1.165) is 0 Å². The highest BCUT2D eigenvalue weighted by atomic mass is 35.5. The van der Waals surface area contributed by atoms with Crippen LogP contribution in [-0.4, -0.2) is 55.9 Å². The molecule has 0 saturated heterocycles. The van der Waals surface area contributed by atoms with E-state index in [0.29, 0.717) is 37.0 Å². The molecule has 124 valence electrons. The highest BCUT2D eigenvalue weighted by molar-refractivity contribution is 7.85. The quantitative estimate of drug-likeness (QED) is 0.170. The molecule has 6 nitrogen and oxygen atoms in total. The Kier molecular flexibility index (Phi) is 11.5. The molecule has 1 N–H and O–H groups in total. The summed E-state index contributed by atoms with van der Waals surface area (Å²) in [6.07, 6.45) is 5.68. The first-order valence-corrected chi connectivity index (χ1v) is 8.06. The molecule has 1 unspecified atom stereocenters. The zero-order chi connectivity index (χ0) is 15.6. The number of rotatable bonds is 10. The monoisotopic (exact) mass is 341 g/mol. The highest BCUT2D eigenvalue weighted by Crippen LogP contribution is 2.07. The second kappa shape index (κ2) is 10.8. The van der Waals surface area contributed by atoms with Gasteiger partial charge in [0, 0.05) is 18.9 Å². The summed E-state index contributed by atoms with van der Waals surface area (Å²) in [5.74, 6) is -0.628. The van der Waals surface area contributed by atoms with Crippen LogP contribution in [0, 0.1) is 0 Å². The van der Waals surface area contributed by atoms with E-state index in [4.69, 9.17) is 9.29 Å². The zero-order valence-corrected chi connectivity index (χ0v) is 14.1. The van der Waals surface area contributed by atoms with E-state index in [1.54, 1.807) is 19.2 Å². The molecule has 0 aliphatic rings. The Balaban J connectivity index is 0. The van der Waals surface area contributed by atoms with Crippen molar-refractivity contribution in [1.82, 2.24) is 0 Å². The molecule has 8 heteroatoms. The molecule has 0 aromatic heterocycles. The normalized spacial score (nSPS) is 14.2. The predicted molar refractivity (Wildman–Crippen MR) is 77.5 cm³/mol. The van der Waals surface area contributed by atoms with Gasteiger partial charge in [0.15, 0.2) is 0 Å². The molecular formula is C13H24ClNO5S. The smallest absolute Gasteiger partial charge is 0.330 e. The number of carbonyl (C=O) groups excluding carboxylic acids is 1. The molecule has 0 bridgehead atoms. The average molecular weight is 342 g/mol. The second-order valence-corrected chi connectivity index (χ2v) is 6.34. The Morgan fingerprint density at radius 3 is 2.38 bits per heavy atom. The van der Waals surface area contributed by atoms with E-state index in [2.05, 4.69) is 6.58 Å². The largest absolute Gasteiger partial charge is 1.00 e. The van der Waals surface area contributed by atoms with Crippen LogP contribution in [0.2, 0.25) is 0 Å². The van der Waals surface area contributed by atoms with Crippen LogP contribution in [0.5, 0.6) is 0 Å². The molecule has 0 aromatic carbocycles. The number of quaternary nitrogens is 1. The van der Waals surface area contributed by atoms with E-state index in [9.17, 15) is 13.2 Å². The molecule has 0 saturated carbocycles. The van der Waals surface area contributed by atoms with Crippen molar-refractivity contribution in [3.63, 3.8) is 0 Å². The maximum atomic E-state index is 11.1. The lowest BCUT2D eigenvalue weighted by atomic mass is 10.3. The first kappa shape index (κ1) is 22.4. The summed E-state index contributed by atoms with van der Waals surface area (Å²) < 4.78 is 35.4. The van der Waals surface area contributed by atoms with Crippen molar-refractivity contribution in [3.8, 4) is 0 Å². The fourth-order valence-corrected chi connectivity index (χ4v) is 2.18. The van der Waals surface area contributed by atoms with Crippen molar-refractivity contribution >= 4 is 16.1 Å². The molecule has 0 rings (SSSR count). The fraction of sp³-hybridized carbons (Fsp3) is 0.615. The van der Waals surface area contributed by atoms with Gasteiger partial charge in [0.05, 0.1) is 38.7 Å². The van der Waals surface area contributed by atoms with E-state index in [-0.39, 0.29) is 24.1 Å². The van der Waals surface area contributed by atoms with Crippen LogP contribution >= 0.6 is 0 Å². The average Bonchev–Trinajstić information content (AvgIpc) is 2.33. The summed E-state index contributed by atoms with van der Waals surface area (Å²) in [6, 6.07) is 0. The number of halogens is 1. The SMILES string of the molecule is C=C[N+](C)(CCCOC(=O)C=CC)CCCS(=O)(=O)O.[Cl-]. The van der Waals surface area contributed by atoms with E-state index < -0.39 is 10.1 Å². The van der Waals surface area contributed by atoms with Gasteiger partial charge in [0.2, 0.25) is 0 Å². The summed E-state index contributed by atoms with van der Waals surface area (Å²) in [6.45, 7) is 7.01. The van der Waals surface area contributed by atoms with Crippen LogP contribution < -0.4 is 12.4 Å². The Morgan fingerprint density at radius 2 is 1.90 bits per heavy atom. The summed E-state index contributed by atoms with van der Waals surface area (Å²) in [4.78, 5) is 11.1. The first-order valence-electron chi connectivity index (χ1n) is 6.45. The molecule has 0 radical (unpaired) electrons. The summed E-state index contributed by atoms with van der Waals surface area (Å²) >= 11 is 0. The van der Waals surface area contributed by atoms with E-state index >= 15 is 0 Å². The van der Waals surface area contributed by atoms with Crippen molar-refractivity contribution in [2.24, 2.45) is 0 Å². The minimum Gasteiger partial charge on any atom is -1.00 e. The van der Waals surface area contributed by atoms with Crippen molar-refractivity contribution < 1.29 is 39.4 Å². The molecule has 0 heterocycles. The minimum atomic E-state index is -3.92. The number of hydrogen-bond donors (Lipinski definition) is 1. The van der Waals surface area contributed by atoms with Gasteiger partial charge in [-0.1, -0.05) is 6.08 Å². The number of hydrogen-bond acceptors (Lipinski definition) is 4. The van der Waals surface area contributed by atoms with Crippen molar-refractivity contribution in [1.29, 1.82) is 0 Å². The topological polar surface area (TPSA) is 80.7 Å². The van der Waals surface area contributed by atoms with Crippen molar-refractivity contribution in [3.05, 3.63) is 24.9 Å². The number of ether oxygens (including phenoxy) is 1. The molecule has 0 aromatic rings. The van der Waals surface area contributed by atoms with Crippen molar-refractivity contribution in [2.75, 3.05) is 32.5 Å². The van der Waals surface area contributed by atoms with Crippen LogP contribution in [0.25, 0.3) is 0 Å². The van der Waals surface area contributed by atoms with Gasteiger partial charge in [0.25, 0.3) is 10.1 Å².